The molecule has 0 aliphatic rings. The number of hydrogen-bond donors (Lipinski definition) is 2. The fraction of sp³-hybridized carbons (Fsp3) is 0.500. The minimum absolute atomic E-state index is 0.364. The summed E-state index contributed by atoms with van der Waals surface area (Å²) < 4.78 is 45.4. The molecule has 3 N–H and O–H groups in total. The van der Waals surface area contributed by atoms with Crippen molar-refractivity contribution < 1.29 is 21.9 Å². The van der Waals surface area contributed by atoms with Crippen molar-refractivity contribution in [1.82, 2.24) is 0 Å². The van der Waals surface area contributed by atoms with Gasteiger partial charge in [0.1, 0.15) is 9.84 Å². The van der Waals surface area contributed by atoms with Crippen LogP contribution in [-0.4, -0.2) is 45.5 Å². The van der Waals surface area contributed by atoms with E-state index in [1.807, 2.05) is 0 Å². The highest BCUT2D eigenvalue weighted by Crippen LogP contribution is 2.16. The molecule has 8 heteroatoms. The fourth-order valence-electron chi connectivity index (χ4n) is 1.57. The first-order valence-corrected chi connectivity index (χ1v) is 9.86. The van der Waals surface area contributed by atoms with Gasteiger partial charge in [-0.1, -0.05) is 24.3 Å². The van der Waals surface area contributed by atoms with Gasteiger partial charge in [0.25, 0.3) is 0 Å². The van der Waals surface area contributed by atoms with Gasteiger partial charge in [0, 0.05) is 12.8 Å². The first kappa shape index (κ1) is 17.1. The van der Waals surface area contributed by atoms with Crippen LogP contribution in [0.5, 0.6) is 0 Å². The van der Waals surface area contributed by atoms with E-state index in [2.05, 4.69) is 0 Å². The minimum atomic E-state index is -3.63. The molecule has 0 heterocycles. The van der Waals surface area contributed by atoms with Gasteiger partial charge in [-0.15, -0.1) is 0 Å². The van der Waals surface area contributed by atoms with Crippen LogP contribution < -0.4 is 5.73 Å². The molecule has 0 saturated carbocycles. The lowest BCUT2D eigenvalue weighted by molar-refractivity contribution is 0.201. The average molecular weight is 321 g/mol. The number of rotatable bonds is 7. The summed E-state index contributed by atoms with van der Waals surface area (Å²) in [6.45, 7) is 0.364. The van der Waals surface area contributed by atoms with Crippen LogP contribution in [0.3, 0.4) is 0 Å². The molecule has 6 nitrogen and oxygen atoms in total. The maximum atomic E-state index is 11.7. The third-order valence-corrected chi connectivity index (χ3v) is 5.63. The second kappa shape index (κ2) is 6.66. The van der Waals surface area contributed by atoms with Gasteiger partial charge in [-0.05, 0) is 11.1 Å². The number of benzene rings is 1. The van der Waals surface area contributed by atoms with Crippen LogP contribution in [0.2, 0.25) is 0 Å². The highest BCUT2D eigenvalue weighted by molar-refractivity contribution is 7.94. The summed E-state index contributed by atoms with van der Waals surface area (Å²) in [4.78, 5) is 0. The second-order valence-electron chi connectivity index (χ2n) is 4.71. The Balaban J connectivity index is 2.70. The summed E-state index contributed by atoms with van der Waals surface area (Å²) in [5.74, 6) is -1.41. The Bertz CT molecular complexity index is 635. The lowest BCUT2D eigenvalue weighted by Gasteiger charge is -2.12. The standard InChI is InChI=1S/C12H19NO5S2/c1-19(15,16)6-7-20(17,18)9-12(14)11-4-2-10(8-13)3-5-11/h2-5,12,14H,6-9,13H2,1H3. The molecule has 20 heavy (non-hydrogen) atoms. The van der Waals surface area contributed by atoms with Crippen LogP contribution in [0.15, 0.2) is 24.3 Å². The van der Waals surface area contributed by atoms with Crippen molar-refractivity contribution in [2.75, 3.05) is 23.5 Å². The summed E-state index contributed by atoms with van der Waals surface area (Å²) in [6, 6.07) is 6.64. The van der Waals surface area contributed by atoms with Crippen molar-refractivity contribution >= 4 is 19.7 Å². The number of nitrogens with two attached hydrogens (primary N) is 1. The van der Waals surface area contributed by atoms with E-state index in [9.17, 15) is 21.9 Å². The zero-order valence-corrected chi connectivity index (χ0v) is 12.8. The van der Waals surface area contributed by atoms with Gasteiger partial charge in [-0.25, -0.2) is 16.8 Å². The second-order valence-corrected chi connectivity index (χ2v) is 9.19. The third kappa shape index (κ3) is 6.00. The van der Waals surface area contributed by atoms with Gasteiger partial charge < -0.3 is 10.8 Å². The molecule has 0 aromatic heterocycles. The summed E-state index contributed by atoms with van der Waals surface area (Å²) >= 11 is 0. The summed E-state index contributed by atoms with van der Waals surface area (Å²) in [5.41, 5.74) is 6.78. The smallest absolute Gasteiger partial charge is 0.154 e. The van der Waals surface area contributed by atoms with Crippen LogP contribution >= 0.6 is 0 Å². The molecule has 0 saturated heterocycles. The van der Waals surface area contributed by atoms with Crippen LogP contribution in [-0.2, 0) is 26.2 Å². The Morgan fingerprint density at radius 1 is 1.10 bits per heavy atom. The van der Waals surface area contributed by atoms with Gasteiger partial charge in [-0.3, -0.25) is 0 Å². The van der Waals surface area contributed by atoms with Crippen LogP contribution in [0.4, 0.5) is 0 Å². The highest BCUT2D eigenvalue weighted by atomic mass is 32.2. The number of aliphatic hydroxyl groups is 1. The Morgan fingerprint density at radius 2 is 1.65 bits per heavy atom. The maximum absolute atomic E-state index is 11.7. The van der Waals surface area contributed by atoms with Crippen molar-refractivity contribution in [2.45, 2.75) is 12.6 Å². The molecular weight excluding hydrogens is 302 g/mol. The highest BCUT2D eigenvalue weighted by Gasteiger charge is 2.20. The molecule has 1 unspecified atom stereocenters. The monoisotopic (exact) mass is 321 g/mol. The Hall–Kier alpha value is -0.960. The van der Waals surface area contributed by atoms with Crippen LogP contribution in [0, 0.1) is 0 Å². The third-order valence-electron chi connectivity index (χ3n) is 2.78. The molecule has 0 aliphatic heterocycles. The molecule has 1 atom stereocenters. The van der Waals surface area contributed by atoms with E-state index in [1.54, 1.807) is 24.3 Å². The molecule has 0 fully saturated rings. The normalized spacial score (nSPS) is 14.2. The van der Waals surface area contributed by atoms with E-state index in [0.717, 1.165) is 11.8 Å². The predicted molar refractivity (Wildman–Crippen MR) is 77.7 cm³/mol. The Labute approximate surface area is 119 Å². The van der Waals surface area contributed by atoms with E-state index >= 15 is 0 Å². The summed E-state index contributed by atoms with van der Waals surface area (Å²) in [6.07, 6.45) is -0.198. The molecule has 1 rings (SSSR count). The number of aliphatic hydroxyl groups excluding tert-OH is 1. The molecule has 0 spiro atoms. The van der Waals surface area contributed by atoms with Crippen molar-refractivity contribution in [3.8, 4) is 0 Å². The maximum Gasteiger partial charge on any atom is 0.154 e. The molecule has 0 radical (unpaired) electrons. The molecule has 0 bridgehead atoms. The fourth-order valence-corrected chi connectivity index (χ4v) is 4.64. The Kier molecular flexibility index (Phi) is 5.69. The predicted octanol–water partition coefficient (Wildman–Crippen LogP) is -0.362. The van der Waals surface area contributed by atoms with Crippen molar-refractivity contribution in [1.29, 1.82) is 0 Å². The first-order valence-electron chi connectivity index (χ1n) is 5.98. The van der Waals surface area contributed by atoms with E-state index < -0.39 is 43.0 Å². The molecule has 1 aromatic carbocycles. The molecule has 114 valence electrons. The van der Waals surface area contributed by atoms with Gasteiger partial charge in [0.15, 0.2) is 9.84 Å². The SMILES string of the molecule is CS(=O)(=O)CCS(=O)(=O)CC(O)c1ccc(CN)cc1. The van der Waals surface area contributed by atoms with E-state index in [4.69, 9.17) is 5.73 Å². The topological polar surface area (TPSA) is 115 Å². The quantitative estimate of drug-likeness (QED) is 0.708. The van der Waals surface area contributed by atoms with Gasteiger partial charge in [-0.2, -0.15) is 0 Å². The minimum Gasteiger partial charge on any atom is -0.387 e. The number of hydrogen-bond acceptors (Lipinski definition) is 6. The zero-order chi connectivity index (χ0) is 15.4. The Morgan fingerprint density at radius 3 is 2.10 bits per heavy atom. The van der Waals surface area contributed by atoms with Gasteiger partial charge in [0.2, 0.25) is 0 Å². The van der Waals surface area contributed by atoms with E-state index in [-0.39, 0.29) is 0 Å². The lowest BCUT2D eigenvalue weighted by atomic mass is 10.1. The molecule has 1 aromatic rings. The van der Waals surface area contributed by atoms with Gasteiger partial charge >= 0.3 is 0 Å². The average Bonchev–Trinajstić information content (AvgIpc) is 2.35. The lowest BCUT2D eigenvalue weighted by Crippen LogP contribution is -2.22. The largest absolute Gasteiger partial charge is 0.387 e. The van der Waals surface area contributed by atoms with Crippen molar-refractivity contribution in [3.05, 3.63) is 35.4 Å². The summed E-state index contributed by atoms with van der Waals surface area (Å²) in [7, 11) is -6.97. The van der Waals surface area contributed by atoms with E-state index in [1.165, 1.54) is 0 Å². The first-order chi connectivity index (χ1) is 9.13. The van der Waals surface area contributed by atoms with Crippen LogP contribution in [0.1, 0.15) is 17.2 Å². The summed E-state index contributed by atoms with van der Waals surface area (Å²) in [5, 5.41) is 9.89. The number of sulfone groups is 2. The van der Waals surface area contributed by atoms with Crippen molar-refractivity contribution in [2.24, 2.45) is 5.73 Å². The molecular formula is C12H19NO5S2. The van der Waals surface area contributed by atoms with Gasteiger partial charge in [0.05, 0.1) is 23.4 Å². The van der Waals surface area contributed by atoms with Crippen molar-refractivity contribution in [3.63, 3.8) is 0 Å². The van der Waals surface area contributed by atoms with Crippen LogP contribution in [0.25, 0.3) is 0 Å². The molecule has 0 amide bonds. The molecule has 0 aliphatic carbocycles. The van der Waals surface area contributed by atoms with E-state index in [0.29, 0.717) is 12.1 Å². The zero-order valence-electron chi connectivity index (χ0n) is 11.2.